The Kier molecular flexibility index (Phi) is 5.75. The molecule has 8 nitrogen and oxygen atoms in total. The largest absolute Gasteiger partial charge is 0.494 e. The maximum absolute atomic E-state index is 13.3. The summed E-state index contributed by atoms with van der Waals surface area (Å²) in [5.74, 6) is 0.939. The molecule has 1 aliphatic heterocycles. The maximum atomic E-state index is 13.3. The van der Waals surface area contributed by atoms with Gasteiger partial charge in [0, 0.05) is 23.5 Å². The number of fused-ring (bicyclic) bond motifs is 1. The zero-order chi connectivity index (χ0) is 23.7. The van der Waals surface area contributed by atoms with E-state index in [9.17, 15) is 9.18 Å². The molecule has 172 valence electrons. The second-order valence-electron chi connectivity index (χ2n) is 8.13. The fourth-order valence-electron chi connectivity index (χ4n) is 4.14. The molecule has 0 bridgehead atoms. The Morgan fingerprint density at radius 3 is 2.65 bits per heavy atom. The molecule has 1 amide bonds. The second kappa shape index (κ2) is 9.01. The van der Waals surface area contributed by atoms with Crippen LogP contribution in [0.5, 0.6) is 5.75 Å². The van der Waals surface area contributed by atoms with E-state index in [4.69, 9.17) is 4.74 Å². The van der Waals surface area contributed by atoms with Crippen LogP contribution in [0, 0.1) is 12.7 Å². The Morgan fingerprint density at radius 1 is 1.15 bits per heavy atom. The molecular formula is C25H23FN6O2. The average Bonchev–Trinajstić information content (AvgIpc) is 3.19. The van der Waals surface area contributed by atoms with Crippen LogP contribution < -0.4 is 10.1 Å². The number of carbonyl (C=O) groups is 1. The van der Waals surface area contributed by atoms with Gasteiger partial charge >= 0.3 is 0 Å². The lowest BCUT2D eigenvalue weighted by molar-refractivity contribution is -0.116. The standard InChI is InChI=1S/C25H23FN6O2/c1-3-12-34-19-10-6-16(7-11-19)20-13-22(33)29-24-23(20)15(2)31-32(24)25-28-21(14-27-30-25)17-4-8-18(26)9-5-17/h4-11,14,20H,3,12-13H2,1-2H3,(H,29,33)/t20-/m1/s1. The number of carbonyl (C=O) groups excluding carboxylic acids is 1. The number of anilines is 1. The molecular weight excluding hydrogens is 435 g/mol. The van der Waals surface area contributed by atoms with E-state index in [1.54, 1.807) is 12.1 Å². The molecule has 0 saturated heterocycles. The van der Waals surface area contributed by atoms with E-state index in [-0.39, 0.29) is 23.6 Å². The molecule has 0 saturated carbocycles. The third-order valence-electron chi connectivity index (χ3n) is 5.73. The molecule has 2 aromatic carbocycles. The van der Waals surface area contributed by atoms with E-state index in [2.05, 4.69) is 32.5 Å². The van der Waals surface area contributed by atoms with Crippen LogP contribution >= 0.6 is 0 Å². The number of aryl methyl sites for hydroxylation is 1. The van der Waals surface area contributed by atoms with Crippen LogP contribution in [0.15, 0.2) is 54.7 Å². The van der Waals surface area contributed by atoms with Crippen molar-refractivity contribution in [1.82, 2.24) is 25.0 Å². The molecule has 4 aromatic rings. The highest BCUT2D eigenvalue weighted by atomic mass is 19.1. The molecule has 34 heavy (non-hydrogen) atoms. The monoisotopic (exact) mass is 458 g/mol. The fourth-order valence-corrected chi connectivity index (χ4v) is 4.14. The second-order valence-corrected chi connectivity index (χ2v) is 8.13. The van der Waals surface area contributed by atoms with Crippen LogP contribution in [0.4, 0.5) is 10.2 Å². The first-order chi connectivity index (χ1) is 16.5. The van der Waals surface area contributed by atoms with Gasteiger partial charge in [0.25, 0.3) is 5.95 Å². The number of amides is 1. The molecule has 0 aliphatic carbocycles. The van der Waals surface area contributed by atoms with E-state index in [1.807, 2.05) is 31.2 Å². The number of hydrogen-bond acceptors (Lipinski definition) is 6. The van der Waals surface area contributed by atoms with E-state index < -0.39 is 0 Å². The highest BCUT2D eigenvalue weighted by molar-refractivity contribution is 5.95. The minimum atomic E-state index is -0.332. The van der Waals surface area contributed by atoms with Crippen LogP contribution in [-0.4, -0.2) is 37.5 Å². The van der Waals surface area contributed by atoms with Crippen molar-refractivity contribution in [3.8, 4) is 23.0 Å². The summed E-state index contributed by atoms with van der Waals surface area (Å²) in [6.07, 6.45) is 2.75. The quantitative estimate of drug-likeness (QED) is 0.459. The molecule has 9 heteroatoms. The van der Waals surface area contributed by atoms with E-state index >= 15 is 0 Å². The highest BCUT2D eigenvalue weighted by Crippen LogP contribution is 2.40. The van der Waals surface area contributed by atoms with E-state index in [0.29, 0.717) is 30.1 Å². The first-order valence-corrected chi connectivity index (χ1v) is 11.1. The third kappa shape index (κ3) is 4.12. The number of nitrogens with zero attached hydrogens (tertiary/aromatic N) is 5. The van der Waals surface area contributed by atoms with Gasteiger partial charge in [-0.2, -0.15) is 14.9 Å². The highest BCUT2D eigenvalue weighted by Gasteiger charge is 2.33. The first kappa shape index (κ1) is 21.7. The number of benzene rings is 2. The summed E-state index contributed by atoms with van der Waals surface area (Å²) in [6.45, 7) is 4.62. The lowest BCUT2D eigenvalue weighted by atomic mass is 9.86. The van der Waals surface area contributed by atoms with Gasteiger partial charge in [-0.15, -0.1) is 5.10 Å². The van der Waals surface area contributed by atoms with Gasteiger partial charge in [-0.3, -0.25) is 4.79 Å². The number of ether oxygens (including phenoxy) is 1. The zero-order valence-corrected chi connectivity index (χ0v) is 18.8. The SMILES string of the molecule is CCCOc1ccc([C@H]2CC(=O)Nc3c2c(C)nn3-c2nncc(-c3ccc(F)cc3)n2)cc1. The third-order valence-corrected chi connectivity index (χ3v) is 5.73. The van der Waals surface area contributed by atoms with Gasteiger partial charge in [-0.1, -0.05) is 19.1 Å². The number of aromatic nitrogens is 5. The summed E-state index contributed by atoms with van der Waals surface area (Å²) in [5, 5.41) is 15.8. The summed E-state index contributed by atoms with van der Waals surface area (Å²) in [5.41, 5.74) is 3.90. The zero-order valence-electron chi connectivity index (χ0n) is 18.8. The van der Waals surface area contributed by atoms with Gasteiger partial charge in [0.2, 0.25) is 5.91 Å². The molecule has 0 fully saturated rings. The molecule has 2 aromatic heterocycles. The first-order valence-electron chi connectivity index (χ1n) is 11.1. The summed E-state index contributed by atoms with van der Waals surface area (Å²) < 4.78 is 20.5. The van der Waals surface area contributed by atoms with E-state index in [0.717, 1.165) is 29.0 Å². The summed E-state index contributed by atoms with van der Waals surface area (Å²) in [6, 6.07) is 13.8. The number of hydrogen-bond donors (Lipinski definition) is 1. The fraction of sp³-hybridized carbons (Fsp3) is 0.240. The minimum absolute atomic E-state index is 0.118. The van der Waals surface area contributed by atoms with E-state index in [1.165, 1.54) is 23.0 Å². The van der Waals surface area contributed by atoms with Gasteiger partial charge in [-0.25, -0.2) is 9.37 Å². The Balaban J connectivity index is 1.53. The smallest absolute Gasteiger partial charge is 0.272 e. The van der Waals surface area contributed by atoms with Gasteiger partial charge in [-0.05, 0) is 55.3 Å². The Bertz CT molecular complexity index is 1330. The molecule has 0 spiro atoms. The van der Waals surface area contributed by atoms with Crippen LogP contribution in [0.1, 0.15) is 42.5 Å². The molecule has 0 unspecified atom stereocenters. The van der Waals surface area contributed by atoms with Gasteiger partial charge in [0.1, 0.15) is 17.4 Å². The van der Waals surface area contributed by atoms with Crippen LogP contribution in [0.3, 0.4) is 0 Å². The predicted molar refractivity (Wildman–Crippen MR) is 124 cm³/mol. The summed E-state index contributed by atoms with van der Waals surface area (Å²) in [7, 11) is 0. The van der Waals surface area contributed by atoms with Gasteiger partial charge < -0.3 is 10.1 Å². The van der Waals surface area contributed by atoms with Crippen LogP contribution in [0.25, 0.3) is 17.2 Å². The summed E-state index contributed by atoms with van der Waals surface area (Å²) >= 11 is 0. The Hall–Kier alpha value is -4.14. The predicted octanol–water partition coefficient (Wildman–Crippen LogP) is 4.43. The molecule has 0 radical (unpaired) electrons. The van der Waals surface area contributed by atoms with Crippen molar-refractivity contribution in [2.24, 2.45) is 0 Å². The van der Waals surface area contributed by atoms with Crippen molar-refractivity contribution < 1.29 is 13.9 Å². The maximum Gasteiger partial charge on any atom is 0.272 e. The number of nitrogens with one attached hydrogen (secondary N) is 1. The van der Waals surface area contributed by atoms with Gasteiger partial charge in [0.05, 0.1) is 24.2 Å². The van der Waals surface area contributed by atoms with Crippen molar-refractivity contribution in [1.29, 1.82) is 0 Å². The van der Waals surface area contributed by atoms with Crippen molar-refractivity contribution in [2.45, 2.75) is 32.6 Å². The van der Waals surface area contributed by atoms with Crippen molar-refractivity contribution in [3.05, 3.63) is 77.4 Å². The number of halogens is 1. The van der Waals surface area contributed by atoms with Crippen LogP contribution in [0.2, 0.25) is 0 Å². The molecule has 1 atom stereocenters. The minimum Gasteiger partial charge on any atom is -0.494 e. The topological polar surface area (TPSA) is 94.8 Å². The average molecular weight is 458 g/mol. The molecule has 5 rings (SSSR count). The Morgan fingerprint density at radius 2 is 1.91 bits per heavy atom. The molecule has 1 N–H and O–H groups in total. The normalized spacial score (nSPS) is 15.0. The Labute approximate surface area is 195 Å². The lowest BCUT2D eigenvalue weighted by Crippen LogP contribution is -2.25. The van der Waals surface area contributed by atoms with Crippen molar-refractivity contribution >= 4 is 11.7 Å². The van der Waals surface area contributed by atoms with Crippen LogP contribution in [-0.2, 0) is 4.79 Å². The van der Waals surface area contributed by atoms with Crippen molar-refractivity contribution in [3.63, 3.8) is 0 Å². The van der Waals surface area contributed by atoms with Gasteiger partial charge in [0.15, 0.2) is 0 Å². The molecule has 1 aliphatic rings. The summed E-state index contributed by atoms with van der Waals surface area (Å²) in [4.78, 5) is 17.2. The lowest BCUT2D eigenvalue weighted by Gasteiger charge is -2.24. The number of rotatable bonds is 6. The van der Waals surface area contributed by atoms with Crippen molar-refractivity contribution in [2.75, 3.05) is 11.9 Å². The molecule has 3 heterocycles.